The van der Waals surface area contributed by atoms with Gasteiger partial charge in [-0.2, -0.15) is 0 Å². The molecule has 0 spiro atoms. The fourth-order valence-corrected chi connectivity index (χ4v) is 1.44. The molecule has 0 unspecified atom stereocenters. The molecule has 1 aromatic carbocycles. The molecule has 0 fully saturated rings. The third-order valence-electron chi connectivity index (χ3n) is 2.18. The quantitative estimate of drug-likeness (QED) is 0.625. The maximum Gasteiger partial charge on any atom is 0.0705 e. The first-order chi connectivity index (χ1) is 7.36. The molecule has 1 aromatic heterocycles. The van der Waals surface area contributed by atoms with E-state index in [1.165, 1.54) is 0 Å². The van der Waals surface area contributed by atoms with Crippen LogP contribution in [0.3, 0.4) is 0 Å². The van der Waals surface area contributed by atoms with Gasteiger partial charge in [-0.15, -0.1) is 0 Å². The lowest BCUT2D eigenvalue weighted by Gasteiger charge is -1.92. The average molecular weight is 195 g/mol. The second kappa shape index (κ2) is 4.56. The molecule has 2 aromatic rings. The number of aromatic nitrogens is 1. The van der Waals surface area contributed by atoms with Gasteiger partial charge < -0.3 is 0 Å². The van der Waals surface area contributed by atoms with Crippen LogP contribution in [0.15, 0.2) is 60.7 Å². The molecule has 0 saturated heterocycles. The topological polar surface area (TPSA) is 12.9 Å². The highest BCUT2D eigenvalue weighted by atomic mass is 14.7. The van der Waals surface area contributed by atoms with Gasteiger partial charge in [0.15, 0.2) is 0 Å². The zero-order valence-electron chi connectivity index (χ0n) is 8.72. The van der Waals surface area contributed by atoms with Crippen molar-refractivity contribution < 1.29 is 0 Å². The van der Waals surface area contributed by atoms with E-state index in [9.17, 15) is 0 Å². The minimum atomic E-state index is 1.02. The largest absolute Gasteiger partial charge is 0.253 e. The molecular weight excluding hydrogens is 182 g/mol. The minimum absolute atomic E-state index is 1.02. The Balaban J connectivity index is 2.81. The van der Waals surface area contributed by atoms with Crippen molar-refractivity contribution in [1.82, 2.24) is 4.98 Å². The first-order valence-electron chi connectivity index (χ1n) is 5.02. The standard InChI is InChI=1S/C14H13N/c1-12-8-4-2-3-5-9-13-10-6-7-11-14(13)15-12/h2-11H,1H3. The molecule has 1 nitrogen and oxygen atoms in total. The summed E-state index contributed by atoms with van der Waals surface area (Å²) in [6.45, 7) is 2.01. The maximum atomic E-state index is 4.55. The summed E-state index contributed by atoms with van der Waals surface area (Å²) in [5.74, 6) is 0. The molecule has 0 bridgehead atoms. The molecule has 15 heavy (non-hydrogen) atoms. The number of aryl methyl sites for hydroxylation is 1. The lowest BCUT2D eigenvalue weighted by molar-refractivity contribution is 1.27. The van der Waals surface area contributed by atoms with Crippen molar-refractivity contribution in [2.75, 3.05) is 0 Å². The van der Waals surface area contributed by atoms with Gasteiger partial charge in [0, 0.05) is 11.1 Å². The summed E-state index contributed by atoms with van der Waals surface area (Å²) in [5, 5.41) is 1.15. The predicted octanol–water partition coefficient (Wildman–Crippen LogP) is 3.67. The Morgan fingerprint density at radius 1 is 0.733 bits per heavy atom. The van der Waals surface area contributed by atoms with Gasteiger partial charge in [0.1, 0.15) is 0 Å². The molecule has 74 valence electrons. The van der Waals surface area contributed by atoms with Crippen molar-refractivity contribution in [1.29, 1.82) is 0 Å². The van der Waals surface area contributed by atoms with E-state index in [1.54, 1.807) is 0 Å². The Kier molecular flexibility index (Phi) is 2.93. The van der Waals surface area contributed by atoms with Crippen LogP contribution in [0, 0.1) is 6.92 Å². The first kappa shape index (κ1) is 9.66. The molecule has 0 radical (unpaired) electrons. The zero-order valence-corrected chi connectivity index (χ0v) is 8.72. The van der Waals surface area contributed by atoms with Gasteiger partial charge in [-0.25, -0.2) is 0 Å². The lowest BCUT2D eigenvalue weighted by Crippen LogP contribution is -1.77. The molecule has 1 heteroatoms. The Bertz CT molecular complexity index is 516. The van der Waals surface area contributed by atoms with Gasteiger partial charge >= 0.3 is 0 Å². The van der Waals surface area contributed by atoms with E-state index in [1.807, 2.05) is 55.5 Å². The van der Waals surface area contributed by atoms with Gasteiger partial charge in [-0.05, 0) is 19.1 Å². The number of fused-ring (bicyclic) bond motifs is 1. The fourth-order valence-electron chi connectivity index (χ4n) is 1.44. The van der Waals surface area contributed by atoms with Gasteiger partial charge in [0.2, 0.25) is 0 Å². The molecule has 0 N–H and O–H groups in total. The van der Waals surface area contributed by atoms with Crippen LogP contribution in [-0.4, -0.2) is 4.98 Å². The molecular formula is C14H13N. The maximum absolute atomic E-state index is 4.55. The average Bonchev–Trinajstić information content (AvgIpc) is 2.25. The summed E-state index contributed by atoms with van der Waals surface area (Å²) in [5.41, 5.74) is 2.04. The van der Waals surface area contributed by atoms with Crippen LogP contribution >= 0.6 is 0 Å². The summed E-state index contributed by atoms with van der Waals surface area (Å²) >= 11 is 0. The Hall–Kier alpha value is -1.89. The Morgan fingerprint density at radius 3 is 2.13 bits per heavy atom. The van der Waals surface area contributed by atoms with Gasteiger partial charge in [0.05, 0.1) is 5.52 Å². The molecule has 2 rings (SSSR count). The fraction of sp³-hybridized carbons (Fsp3) is 0.0714. The summed E-state index contributed by atoms with van der Waals surface area (Å²) in [7, 11) is 0. The highest BCUT2D eigenvalue weighted by molar-refractivity contribution is 5.77. The molecule has 1 heterocycles. The number of para-hydroxylation sites is 1. The monoisotopic (exact) mass is 195 g/mol. The first-order valence-corrected chi connectivity index (χ1v) is 5.02. The number of nitrogens with zero attached hydrogens (tertiary/aromatic N) is 1. The SMILES string of the molecule is Cc1ccccccc2ccccc2n1. The van der Waals surface area contributed by atoms with Crippen LogP contribution in [0.4, 0.5) is 0 Å². The molecule has 0 aliphatic rings. The number of benzene rings is 1. The van der Waals surface area contributed by atoms with E-state index in [0.717, 1.165) is 16.6 Å². The predicted molar refractivity (Wildman–Crippen MR) is 64.1 cm³/mol. The number of hydrogen-bond donors (Lipinski definition) is 0. The van der Waals surface area contributed by atoms with Crippen LogP contribution in [0.1, 0.15) is 5.69 Å². The van der Waals surface area contributed by atoms with Crippen molar-refractivity contribution in [2.45, 2.75) is 6.92 Å². The van der Waals surface area contributed by atoms with E-state index in [4.69, 9.17) is 0 Å². The Labute approximate surface area is 89.7 Å². The smallest absolute Gasteiger partial charge is 0.0705 e. The van der Waals surface area contributed by atoms with Crippen LogP contribution in [-0.2, 0) is 0 Å². The Morgan fingerprint density at radius 2 is 1.33 bits per heavy atom. The summed E-state index contributed by atoms with van der Waals surface area (Å²) < 4.78 is 0. The van der Waals surface area contributed by atoms with Crippen molar-refractivity contribution >= 4 is 10.9 Å². The van der Waals surface area contributed by atoms with E-state index in [2.05, 4.69) is 17.1 Å². The third kappa shape index (κ3) is 2.53. The molecule has 0 amide bonds. The van der Waals surface area contributed by atoms with Gasteiger partial charge in [0.25, 0.3) is 0 Å². The van der Waals surface area contributed by atoms with E-state index < -0.39 is 0 Å². The van der Waals surface area contributed by atoms with Crippen LogP contribution in [0.5, 0.6) is 0 Å². The van der Waals surface area contributed by atoms with Crippen molar-refractivity contribution in [3.05, 3.63) is 66.4 Å². The van der Waals surface area contributed by atoms with E-state index >= 15 is 0 Å². The minimum Gasteiger partial charge on any atom is -0.253 e. The van der Waals surface area contributed by atoms with Crippen molar-refractivity contribution in [2.24, 2.45) is 0 Å². The number of hydrogen-bond acceptors (Lipinski definition) is 1. The highest BCUT2D eigenvalue weighted by Gasteiger charge is 1.87. The van der Waals surface area contributed by atoms with Gasteiger partial charge in [-0.3, -0.25) is 4.98 Å². The van der Waals surface area contributed by atoms with Crippen LogP contribution < -0.4 is 0 Å². The third-order valence-corrected chi connectivity index (χ3v) is 2.18. The molecule has 0 atom stereocenters. The number of rotatable bonds is 0. The van der Waals surface area contributed by atoms with Crippen LogP contribution in [0.2, 0.25) is 0 Å². The lowest BCUT2D eigenvalue weighted by atomic mass is 10.2. The van der Waals surface area contributed by atoms with E-state index in [0.29, 0.717) is 0 Å². The molecule has 0 aliphatic carbocycles. The normalized spacial score (nSPS) is 9.67. The van der Waals surface area contributed by atoms with Gasteiger partial charge in [-0.1, -0.05) is 48.5 Å². The van der Waals surface area contributed by atoms with Crippen molar-refractivity contribution in [3.63, 3.8) is 0 Å². The summed E-state index contributed by atoms with van der Waals surface area (Å²) in [4.78, 5) is 4.55. The highest BCUT2D eigenvalue weighted by Crippen LogP contribution is 2.07. The summed E-state index contributed by atoms with van der Waals surface area (Å²) in [6, 6.07) is 20.3. The molecule has 0 aliphatic heterocycles. The second-order valence-electron chi connectivity index (χ2n) is 3.42. The second-order valence-corrected chi connectivity index (χ2v) is 3.42. The van der Waals surface area contributed by atoms with E-state index in [-0.39, 0.29) is 0 Å². The molecule has 0 saturated carbocycles. The zero-order chi connectivity index (χ0) is 10.5. The van der Waals surface area contributed by atoms with Crippen molar-refractivity contribution in [3.8, 4) is 0 Å². The summed E-state index contributed by atoms with van der Waals surface area (Å²) in [6.07, 6.45) is 0. The van der Waals surface area contributed by atoms with Crippen LogP contribution in [0.25, 0.3) is 10.9 Å².